The van der Waals surface area contributed by atoms with Crippen molar-refractivity contribution in [3.05, 3.63) is 65.8 Å². The van der Waals surface area contributed by atoms with Crippen molar-refractivity contribution in [1.29, 1.82) is 0 Å². The maximum Gasteiger partial charge on any atom is 0.319 e. The summed E-state index contributed by atoms with van der Waals surface area (Å²) in [6.45, 7) is 1.52. The van der Waals surface area contributed by atoms with Crippen molar-refractivity contribution < 1.29 is 9.53 Å². The van der Waals surface area contributed by atoms with Gasteiger partial charge in [0.05, 0.1) is 7.11 Å². The Morgan fingerprint density at radius 1 is 1.03 bits per heavy atom. The predicted octanol–water partition coefficient (Wildman–Crippen LogP) is 4.67. The van der Waals surface area contributed by atoms with Crippen LogP contribution >= 0.6 is 11.6 Å². The lowest BCUT2D eigenvalue weighted by molar-refractivity contribution is 0.246. The number of urea groups is 1. The van der Waals surface area contributed by atoms with E-state index in [0.29, 0.717) is 16.7 Å². The van der Waals surface area contributed by atoms with Crippen LogP contribution in [0.3, 0.4) is 0 Å². The first-order valence-electron chi connectivity index (χ1n) is 10.4. The molecule has 1 saturated heterocycles. The second-order valence-electron chi connectivity index (χ2n) is 7.46. The van der Waals surface area contributed by atoms with Gasteiger partial charge < -0.3 is 25.6 Å². The van der Waals surface area contributed by atoms with Gasteiger partial charge in [0, 0.05) is 41.7 Å². The van der Waals surface area contributed by atoms with Gasteiger partial charge in [-0.05, 0) is 67.4 Å². The number of hydrogen-bond donors (Lipinski definition) is 3. The molecule has 0 radical (unpaired) electrons. The number of piperidine rings is 1. The Balaban J connectivity index is 1.28. The fraction of sp³-hybridized carbons (Fsp3) is 0.261. The molecule has 0 saturated carbocycles. The molecule has 1 fully saturated rings. The van der Waals surface area contributed by atoms with Gasteiger partial charge >= 0.3 is 6.03 Å². The molecule has 32 heavy (non-hydrogen) atoms. The largest absolute Gasteiger partial charge is 0.497 e. The molecular formula is C23H25ClN6O2. The van der Waals surface area contributed by atoms with E-state index in [1.807, 2.05) is 30.3 Å². The highest BCUT2D eigenvalue weighted by atomic mass is 35.5. The number of carbonyl (C=O) groups excluding carboxylic acids is 1. The van der Waals surface area contributed by atoms with Crippen LogP contribution in [0.5, 0.6) is 5.75 Å². The van der Waals surface area contributed by atoms with E-state index in [-0.39, 0.29) is 12.1 Å². The molecule has 3 aromatic rings. The van der Waals surface area contributed by atoms with Crippen molar-refractivity contribution in [1.82, 2.24) is 15.3 Å². The van der Waals surface area contributed by atoms with Crippen LogP contribution in [-0.2, 0) is 0 Å². The van der Waals surface area contributed by atoms with Crippen LogP contribution in [0.15, 0.2) is 60.8 Å². The predicted molar refractivity (Wildman–Crippen MR) is 127 cm³/mol. The molecule has 2 heterocycles. The number of aromatic nitrogens is 2. The number of anilines is 4. The zero-order chi connectivity index (χ0) is 22.3. The van der Waals surface area contributed by atoms with Crippen LogP contribution in [0.25, 0.3) is 0 Å². The Morgan fingerprint density at radius 2 is 1.72 bits per heavy atom. The summed E-state index contributed by atoms with van der Waals surface area (Å²) in [5.74, 6) is 2.20. The van der Waals surface area contributed by atoms with Crippen molar-refractivity contribution >= 4 is 40.8 Å². The summed E-state index contributed by atoms with van der Waals surface area (Å²) < 4.78 is 5.19. The van der Waals surface area contributed by atoms with Crippen LogP contribution in [0.2, 0.25) is 5.02 Å². The minimum Gasteiger partial charge on any atom is -0.497 e. The number of methoxy groups -OCH3 is 1. The Bertz CT molecular complexity index is 1040. The van der Waals surface area contributed by atoms with E-state index in [1.165, 1.54) is 0 Å². The first kappa shape index (κ1) is 21.7. The van der Waals surface area contributed by atoms with E-state index in [2.05, 4.69) is 30.8 Å². The van der Waals surface area contributed by atoms with E-state index in [9.17, 15) is 4.79 Å². The van der Waals surface area contributed by atoms with Gasteiger partial charge in [-0.1, -0.05) is 11.6 Å². The first-order chi connectivity index (χ1) is 15.6. The smallest absolute Gasteiger partial charge is 0.319 e. The summed E-state index contributed by atoms with van der Waals surface area (Å²) in [4.78, 5) is 23.5. The number of hydrogen-bond acceptors (Lipinski definition) is 6. The number of amides is 2. The Kier molecular flexibility index (Phi) is 6.91. The van der Waals surface area contributed by atoms with Crippen molar-refractivity contribution in [2.45, 2.75) is 18.9 Å². The zero-order valence-corrected chi connectivity index (χ0v) is 18.5. The third-order valence-electron chi connectivity index (χ3n) is 5.22. The maximum atomic E-state index is 12.3. The number of nitrogens with zero attached hydrogens (tertiary/aromatic N) is 3. The third kappa shape index (κ3) is 5.79. The fourth-order valence-electron chi connectivity index (χ4n) is 3.50. The van der Waals surface area contributed by atoms with Gasteiger partial charge in [0.15, 0.2) is 0 Å². The maximum absolute atomic E-state index is 12.3. The lowest BCUT2D eigenvalue weighted by atomic mass is 10.1. The van der Waals surface area contributed by atoms with E-state index in [0.717, 1.165) is 43.2 Å². The molecule has 1 aromatic heterocycles. The molecule has 0 atom stereocenters. The topological polar surface area (TPSA) is 91.4 Å². The van der Waals surface area contributed by atoms with Crippen molar-refractivity contribution in [2.75, 3.05) is 35.7 Å². The van der Waals surface area contributed by atoms with E-state index < -0.39 is 0 Å². The van der Waals surface area contributed by atoms with Crippen LogP contribution in [0.4, 0.5) is 27.9 Å². The number of halogens is 1. The summed E-state index contributed by atoms with van der Waals surface area (Å²) in [6.07, 6.45) is 3.37. The van der Waals surface area contributed by atoms with Gasteiger partial charge in [0.1, 0.15) is 11.6 Å². The highest BCUT2D eigenvalue weighted by Gasteiger charge is 2.22. The van der Waals surface area contributed by atoms with E-state index in [4.69, 9.17) is 16.3 Å². The monoisotopic (exact) mass is 452 g/mol. The van der Waals surface area contributed by atoms with Crippen LogP contribution < -0.4 is 25.6 Å². The second-order valence-corrected chi connectivity index (χ2v) is 7.90. The minimum atomic E-state index is -0.215. The molecular weight excluding hydrogens is 428 g/mol. The van der Waals surface area contributed by atoms with Gasteiger partial charge in [-0.3, -0.25) is 0 Å². The molecule has 4 rings (SSSR count). The number of ether oxygens (including phenoxy) is 1. The molecule has 1 aliphatic heterocycles. The molecule has 0 bridgehead atoms. The number of nitrogens with one attached hydrogen (secondary N) is 3. The van der Waals surface area contributed by atoms with Gasteiger partial charge in [0.25, 0.3) is 0 Å². The van der Waals surface area contributed by atoms with Gasteiger partial charge in [-0.25, -0.2) is 9.78 Å². The van der Waals surface area contributed by atoms with Gasteiger partial charge in [0.2, 0.25) is 5.95 Å². The van der Waals surface area contributed by atoms with Gasteiger partial charge in [-0.2, -0.15) is 4.98 Å². The molecule has 3 N–H and O–H groups in total. The van der Waals surface area contributed by atoms with Crippen molar-refractivity contribution in [2.24, 2.45) is 0 Å². The molecule has 0 spiro atoms. The second kappa shape index (κ2) is 10.2. The molecule has 2 aromatic carbocycles. The van der Waals surface area contributed by atoms with E-state index in [1.54, 1.807) is 37.6 Å². The lowest BCUT2D eigenvalue weighted by Crippen LogP contribution is -2.46. The molecule has 8 nitrogen and oxygen atoms in total. The first-order valence-corrected chi connectivity index (χ1v) is 10.8. The number of rotatable bonds is 6. The van der Waals surface area contributed by atoms with Crippen LogP contribution in [0.1, 0.15) is 12.8 Å². The SMILES string of the molecule is COc1ccc(Nc2ccnc(N3CCC(NC(=O)Nc4ccc(Cl)cc4)CC3)n2)cc1. The summed E-state index contributed by atoms with van der Waals surface area (Å²) in [6, 6.07) is 16.4. The number of benzene rings is 2. The minimum absolute atomic E-state index is 0.0964. The van der Waals surface area contributed by atoms with Crippen molar-refractivity contribution in [3.8, 4) is 5.75 Å². The zero-order valence-electron chi connectivity index (χ0n) is 17.7. The number of carbonyl (C=O) groups is 1. The Labute approximate surface area is 192 Å². The van der Waals surface area contributed by atoms with Crippen LogP contribution in [0, 0.1) is 0 Å². The molecule has 1 aliphatic rings. The van der Waals surface area contributed by atoms with Crippen molar-refractivity contribution in [3.63, 3.8) is 0 Å². The summed E-state index contributed by atoms with van der Waals surface area (Å²) in [5, 5.41) is 9.79. The fourth-order valence-corrected chi connectivity index (χ4v) is 3.63. The van der Waals surface area contributed by atoms with Crippen LogP contribution in [-0.4, -0.2) is 42.2 Å². The Morgan fingerprint density at radius 3 is 2.41 bits per heavy atom. The van der Waals surface area contributed by atoms with Gasteiger partial charge in [-0.15, -0.1) is 0 Å². The molecule has 166 valence electrons. The molecule has 0 aliphatic carbocycles. The molecule has 0 unspecified atom stereocenters. The van der Waals surface area contributed by atoms with E-state index >= 15 is 0 Å². The summed E-state index contributed by atoms with van der Waals surface area (Å²) >= 11 is 5.88. The average molecular weight is 453 g/mol. The standard InChI is InChI=1S/C23H25ClN6O2/c1-32-20-8-6-17(7-9-20)26-21-10-13-25-22(29-21)30-14-11-19(12-15-30)28-23(31)27-18-4-2-16(24)3-5-18/h2-10,13,19H,11-12,14-15H2,1H3,(H,25,26,29)(H2,27,28,31). The highest BCUT2D eigenvalue weighted by molar-refractivity contribution is 6.30. The highest BCUT2D eigenvalue weighted by Crippen LogP contribution is 2.21. The average Bonchev–Trinajstić information content (AvgIpc) is 2.82. The molecule has 9 heteroatoms. The summed E-state index contributed by atoms with van der Waals surface area (Å²) in [7, 11) is 1.64. The molecule has 2 amide bonds. The lowest BCUT2D eigenvalue weighted by Gasteiger charge is -2.32. The summed E-state index contributed by atoms with van der Waals surface area (Å²) in [5.41, 5.74) is 1.63. The normalized spacial score (nSPS) is 14.0. The Hall–Kier alpha value is -3.52. The third-order valence-corrected chi connectivity index (χ3v) is 5.47. The quantitative estimate of drug-likeness (QED) is 0.503.